The fourth-order valence-electron chi connectivity index (χ4n) is 2.62. The molecule has 7 nitrogen and oxygen atoms in total. The van der Waals surface area contributed by atoms with Crippen LogP contribution in [0.4, 0.5) is 4.39 Å². The molecule has 0 saturated carbocycles. The zero-order chi connectivity index (χ0) is 21.0. The van der Waals surface area contributed by atoms with Gasteiger partial charge in [0.05, 0.1) is 12.8 Å². The highest BCUT2D eigenvalue weighted by Gasteiger charge is 2.21. The van der Waals surface area contributed by atoms with Gasteiger partial charge in [0.25, 0.3) is 5.56 Å². The minimum Gasteiger partial charge on any atom is -0.497 e. The number of nitrogens with zero attached hydrogens (tertiary/aromatic N) is 3. The van der Waals surface area contributed by atoms with Crippen molar-refractivity contribution in [2.75, 3.05) is 7.11 Å². The second-order valence-electron chi connectivity index (χ2n) is 5.85. The molecule has 3 aromatic rings. The lowest BCUT2D eigenvalue weighted by molar-refractivity contribution is 0.0688. The van der Waals surface area contributed by atoms with Crippen LogP contribution in [0.5, 0.6) is 5.75 Å². The molecule has 0 unspecified atom stereocenters. The fraction of sp³-hybridized carbons (Fsp3) is 0.0476. The molecule has 0 radical (unpaired) electrons. The van der Waals surface area contributed by atoms with Crippen molar-refractivity contribution in [2.45, 2.75) is 0 Å². The number of nitriles is 1. The first-order valence-corrected chi connectivity index (χ1v) is 8.33. The van der Waals surface area contributed by atoms with Crippen LogP contribution in [0, 0.1) is 17.1 Å². The monoisotopic (exact) mass is 391 g/mol. The predicted molar refractivity (Wildman–Crippen MR) is 103 cm³/mol. The van der Waals surface area contributed by atoms with Crippen LogP contribution in [-0.4, -0.2) is 28.0 Å². The van der Waals surface area contributed by atoms with Gasteiger partial charge in [0.1, 0.15) is 23.2 Å². The Kier molecular flexibility index (Phi) is 5.51. The van der Waals surface area contributed by atoms with E-state index in [2.05, 4.69) is 5.10 Å². The number of hydrogen-bond acceptors (Lipinski definition) is 5. The van der Waals surface area contributed by atoms with Crippen molar-refractivity contribution in [1.82, 2.24) is 9.78 Å². The molecule has 0 fully saturated rings. The van der Waals surface area contributed by atoms with Crippen molar-refractivity contribution >= 4 is 18.1 Å². The van der Waals surface area contributed by atoms with Crippen LogP contribution in [0.1, 0.15) is 27.2 Å². The maximum Gasteiger partial charge on any atom is 0.357 e. The number of halogens is 1. The number of methoxy groups -OCH3 is 1. The van der Waals surface area contributed by atoms with E-state index >= 15 is 0 Å². The molecular weight excluding hydrogens is 377 g/mol. The second-order valence-corrected chi connectivity index (χ2v) is 5.85. The summed E-state index contributed by atoms with van der Waals surface area (Å²) in [7, 11) is 1.53. The van der Waals surface area contributed by atoms with Gasteiger partial charge >= 0.3 is 5.97 Å². The minimum absolute atomic E-state index is 0.112. The molecule has 0 bridgehead atoms. The van der Waals surface area contributed by atoms with E-state index < -0.39 is 23.0 Å². The number of carbonyl (C=O) groups is 1. The smallest absolute Gasteiger partial charge is 0.357 e. The largest absolute Gasteiger partial charge is 0.497 e. The van der Waals surface area contributed by atoms with Crippen molar-refractivity contribution in [3.8, 4) is 17.5 Å². The van der Waals surface area contributed by atoms with Crippen molar-refractivity contribution in [3.05, 3.63) is 87.1 Å². The maximum atomic E-state index is 13.2. The Hall–Kier alpha value is -4.25. The molecule has 8 heteroatoms. The summed E-state index contributed by atoms with van der Waals surface area (Å²) in [5.41, 5.74) is -0.936. The molecule has 0 aliphatic carbocycles. The lowest BCUT2D eigenvalue weighted by Crippen LogP contribution is -2.28. The molecule has 144 valence electrons. The van der Waals surface area contributed by atoms with E-state index in [9.17, 15) is 24.3 Å². The summed E-state index contributed by atoms with van der Waals surface area (Å²) in [6.07, 6.45) is 2.92. The van der Waals surface area contributed by atoms with Gasteiger partial charge in [-0.25, -0.2) is 9.18 Å². The van der Waals surface area contributed by atoms with Gasteiger partial charge in [-0.15, -0.1) is 0 Å². The topological polar surface area (TPSA) is 105 Å². The van der Waals surface area contributed by atoms with Crippen molar-refractivity contribution in [1.29, 1.82) is 5.26 Å². The third kappa shape index (κ3) is 4.04. The maximum absolute atomic E-state index is 13.2. The highest BCUT2D eigenvalue weighted by molar-refractivity contribution is 5.92. The van der Waals surface area contributed by atoms with Gasteiger partial charge in [0, 0.05) is 5.56 Å². The van der Waals surface area contributed by atoms with Crippen LogP contribution in [0.15, 0.2) is 53.3 Å². The van der Waals surface area contributed by atoms with Gasteiger partial charge in [-0.3, -0.25) is 4.79 Å². The summed E-state index contributed by atoms with van der Waals surface area (Å²) in [6.45, 7) is 0. The lowest BCUT2D eigenvalue weighted by Gasteiger charge is -2.09. The summed E-state index contributed by atoms with van der Waals surface area (Å²) in [5, 5.41) is 22.9. The molecule has 1 aromatic heterocycles. The first kappa shape index (κ1) is 19.5. The second kappa shape index (κ2) is 8.19. The molecule has 0 atom stereocenters. The van der Waals surface area contributed by atoms with Gasteiger partial charge in [-0.05, 0) is 42.0 Å². The Morgan fingerprint density at radius 3 is 2.38 bits per heavy atom. The van der Waals surface area contributed by atoms with Gasteiger partial charge < -0.3 is 9.84 Å². The Balaban J connectivity index is 2.16. The highest BCUT2D eigenvalue weighted by Crippen LogP contribution is 2.17. The third-order valence-electron chi connectivity index (χ3n) is 4.07. The Morgan fingerprint density at radius 2 is 1.83 bits per heavy atom. The molecular formula is C21H14FN3O4. The number of aromatic nitrogens is 2. The molecule has 0 amide bonds. The van der Waals surface area contributed by atoms with Crippen LogP contribution in [0.3, 0.4) is 0 Å². The van der Waals surface area contributed by atoms with Crippen LogP contribution in [-0.2, 0) is 0 Å². The van der Waals surface area contributed by atoms with E-state index in [-0.39, 0.29) is 16.8 Å². The molecule has 0 aliphatic heterocycles. The Bertz CT molecular complexity index is 1190. The molecule has 2 aromatic carbocycles. The average molecular weight is 391 g/mol. The lowest BCUT2D eigenvalue weighted by atomic mass is 10.1. The van der Waals surface area contributed by atoms with Crippen molar-refractivity contribution in [3.63, 3.8) is 0 Å². The van der Waals surface area contributed by atoms with E-state index in [0.29, 0.717) is 11.3 Å². The van der Waals surface area contributed by atoms with Crippen LogP contribution >= 0.6 is 0 Å². The summed E-state index contributed by atoms with van der Waals surface area (Å²) in [5.74, 6) is -1.29. The first-order chi connectivity index (χ1) is 13.9. The average Bonchev–Trinajstić information content (AvgIpc) is 2.73. The van der Waals surface area contributed by atoms with Gasteiger partial charge in [-0.2, -0.15) is 15.0 Å². The first-order valence-electron chi connectivity index (χ1n) is 8.33. The summed E-state index contributed by atoms with van der Waals surface area (Å²) in [6, 6.07) is 13.4. The number of ether oxygens (including phenoxy) is 1. The zero-order valence-electron chi connectivity index (χ0n) is 15.2. The standard InChI is InChI=1S/C21H14FN3O4/c1-29-16-9-2-13(3-10-16)4-11-17-18(12-23)20(26)25(24-19(17)21(27)28)15-7-5-14(22)6-8-15/h2-11H,1H3,(H,27,28)/b11-4-. The summed E-state index contributed by atoms with van der Waals surface area (Å²) < 4.78 is 19.0. The highest BCUT2D eigenvalue weighted by atomic mass is 19.1. The normalized spacial score (nSPS) is 10.7. The van der Waals surface area contributed by atoms with Crippen LogP contribution < -0.4 is 10.3 Å². The van der Waals surface area contributed by atoms with E-state index in [4.69, 9.17) is 4.74 Å². The molecule has 29 heavy (non-hydrogen) atoms. The van der Waals surface area contributed by atoms with Crippen LogP contribution in [0.25, 0.3) is 17.8 Å². The molecule has 0 aliphatic rings. The molecule has 0 saturated heterocycles. The fourth-order valence-corrected chi connectivity index (χ4v) is 2.62. The molecule has 1 N–H and O–H groups in total. The summed E-state index contributed by atoms with van der Waals surface area (Å²) in [4.78, 5) is 24.5. The predicted octanol–water partition coefficient (Wildman–Crippen LogP) is 3.12. The van der Waals surface area contributed by atoms with Crippen molar-refractivity contribution < 1.29 is 19.0 Å². The number of hydrogen-bond donors (Lipinski definition) is 1. The van der Waals surface area contributed by atoms with Gasteiger partial charge in [0.15, 0.2) is 5.69 Å². The number of carboxylic acid groups (broad SMARTS) is 1. The quantitative estimate of drug-likeness (QED) is 0.716. The van der Waals surface area contributed by atoms with Crippen LogP contribution in [0.2, 0.25) is 0 Å². The molecule has 1 heterocycles. The van der Waals surface area contributed by atoms with Crippen molar-refractivity contribution in [2.24, 2.45) is 0 Å². The number of aromatic carboxylic acids is 1. The van der Waals surface area contributed by atoms with E-state index in [1.165, 1.54) is 25.3 Å². The minimum atomic E-state index is -1.41. The number of rotatable bonds is 5. The Morgan fingerprint density at radius 1 is 1.17 bits per heavy atom. The SMILES string of the molecule is COc1ccc(/C=C\c2c(C(=O)O)nn(-c3ccc(F)cc3)c(=O)c2C#N)cc1. The molecule has 0 spiro atoms. The molecule has 3 rings (SSSR count). The number of carboxylic acids is 1. The van der Waals surface area contributed by atoms with E-state index in [1.807, 2.05) is 0 Å². The van der Waals surface area contributed by atoms with E-state index in [1.54, 1.807) is 36.4 Å². The number of benzene rings is 2. The van der Waals surface area contributed by atoms with Gasteiger partial charge in [-0.1, -0.05) is 24.3 Å². The Labute approximate surface area is 164 Å². The zero-order valence-corrected chi connectivity index (χ0v) is 15.2. The third-order valence-corrected chi connectivity index (χ3v) is 4.07. The summed E-state index contributed by atoms with van der Waals surface area (Å²) >= 11 is 0. The van der Waals surface area contributed by atoms with Gasteiger partial charge in [0.2, 0.25) is 0 Å². The van der Waals surface area contributed by atoms with E-state index in [0.717, 1.165) is 16.8 Å².